The first-order valence-corrected chi connectivity index (χ1v) is 9.95. The molecule has 0 fully saturated rings. The van der Waals surface area contributed by atoms with E-state index in [4.69, 9.17) is 0 Å². The van der Waals surface area contributed by atoms with Gasteiger partial charge in [0.05, 0.1) is 11.1 Å². The van der Waals surface area contributed by atoms with E-state index in [9.17, 15) is 14.4 Å². The van der Waals surface area contributed by atoms with Gasteiger partial charge in [0.2, 0.25) is 5.91 Å². The van der Waals surface area contributed by atoms with Crippen LogP contribution in [0.3, 0.4) is 0 Å². The van der Waals surface area contributed by atoms with Gasteiger partial charge in [-0.2, -0.15) is 0 Å². The van der Waals surface area contributed by atoms with Gasteiger partial charge in [-0.25, -0.2) is 9.78 Å². The van der Waals surface area contributed by atoms with Crippen molar-refractivity contribution in [3.63, 3.8) is 0 Å². The highest BCUT2D eigenvalue weighted by atomic mass is 32.2. The van der Waals surface area contributed by atoms with Gasteiger partial charge >= 0.3 is 5.69 Å². The molecule has 7 nitrogen and oxygen atoms in total. The largest absolute Gasteiger partial charge is 0.332 e. The van der Waals surface area contributed by atoms with Crippen LogP contribution >= 0.6 is 11.8 Å². The molecule has 4 rings (SSSR count). The number of rotatable bonds is 3. The van der Waals surface area contributed by atoms with Gasteiger partial charge in [0.15, 0.2) is 0 Å². The predicted octanol–water partition coefficient (Wildman–Crippen LogP) is 1.62. The molecule has 0 N–H and O–H groups in total. The molecule has 0 radical (unpaired) electrons. The first-order chi connectivity index (χ1) is 13.4. The third-order valence-electron chi connectivity index (χ3n) is 5.13. The number of hydrogen-bond acceptors (Lipinski definition) is 5. The van der Waals surface area contributed by atoms with Gasteiger partial charge in [-0.05, 0) is 30.5 Å². The van der Waals surface area contributed by atoms with Crippen LogP contribution in [-0.4, -0.2) is 32.3 Å². The maximum atomic E-state index is 12.9. The van der Waals surface area contributed by atoms with Crippen molar-refractivity contribution in [2.24, 2.45) is 14.1 Å². The second-order valence-corrected chi connectivity index (χ2v) is 7.87. The van der Waals surface area contributed by atoms with Gasteiger partial charge < -0.3 is 4.90 Å². The summed E-state index contributed by atoms with van der Waals surface area (Å²) in [6.07, 6.45) is 2.49. The number of para-hydroxylation sites is 1. The Balaban J connectivity index is 1.69. The molecule has 2 aromatic heterocycles. The number of amides is 1. The number of carbonyl (C=O) groups is 1. The number of carbonyl (C=O) groups excluding carboxylic acids is 1. The number of pyridine rings is 1. The van der Waals surface area contributed by atoms with Crippen molar-refractivity contribution >= 4 is 34.4 Å². The summed E-state index contributed by atoms with van der Waals surface area (Å²) < 4.78 is 2.44. The van der Waals surface area contributed by atoms with Gasteiger partial charge in [-0.1, -0.05) is 18.2 Å². The molecule has 1 aliphatic rings. The zero-order chi connectivity index (χ0) is 20.0. The minimum atomic E-state index is -0.422. The summed E-state index contributed by atoms with van der Waals surface area (Å²) in [5.74, 6) is 0.209. The smallest absolute Gasteiger partial charge is 0.311 e. The molecular formula is C20H20N4O3S. The van der Waals surface area contributed by atoms with E-state index in [1.165, 1.54) is 28.9 Å². The van der Waals surface area contributed by atoms with Gasteiger partial charge in [-0.15, -0.1) is 11.8 Å². The number of thioether (sulfide) groups is 1. The lowest BCUT2D eigenvalue weighted by molar-refractivity contribution is -0.116. The molecule has 3 aromatic rings. The monoisotopic (exact) mass is 396 g/mol. The molecular weight excluding hydrogens is 376 g/mol. The Morgan fingerprint density at radius 2 is 1.93 bits per heavy atom. The van der Waals surface area contributed by atoms with Crippen LogP contribution in [0.25, 0.3) is 11.0 Å². The van der Waals surface area contributed by atoms with Crippen molar-refractivity contribution in [2.45, 2.75) is 18.2 Å². The van der Waals surface area contributed by atoms with Crippen LogP contribution in [0, 0.1) is 6.92 Å². The van der Waals surface area contributed by atoms with Crippen LogP contribution < -0.4 is 16.1 Å². The van der Waals surface area contributed by atoms with Crippen molar-refractivity contribution in [3.8, 4) is 0 Å². The van der Waals surface area contributed by atoms with E-state index in [1.54, 1.807) is 18.1 Å². The summed E-state index contributed by atoms with van der Waals surface area (Å²) in [4.78, 5) is 44.5. The van der Waals surface area contributed by atoms with E-state index in [0.717, 1.165) is 22.2 Å². The number of benzene rings is 1. The van der Waals surface area contributed by atoms with E-state index >= 15 is 0 Å². The third-order valence-corrected chi connectivity index (χ3v) is 6.33. The van der Waals surface area contributed by atoms with Crippen LogP contribution in [0.1, 0.15) is 11.1 Å². The number of aromatic nitrogens is 3. The number of fused-ring (bicyclic) bond motifs is 2. The minimum absolute atomic E-state index is 0.000885. The zero-order valence-electron chi connectivity index (χ0n) is 15.9. The summed E-state index contributed by atoms with van der Waals surface area (Å²) in [5, 5.41) is 0.379. The maximum absolute atomic E-state index is 12.9. The highest BCUT2D eigenvalue weighted by Gasteiger charge is 2.25. The average Bonchev–Trinajstić information content (AvgIpc) is 3.13. The standard InChI is InChI=1S/C20H20N4O3S/c1-12-10-21-18-16(19(26)23(3)20(27)22(18)2)17(12)28-11-15(25)24-9-8-13-6-4-5-7-14(13)24/h4-7,10H,8-9,11H2,1-3H3. The lowest BCUT2D eigenvalue weighted by atomic mass is 10.2. The molecule has 0 saturated heterocycles. The van der Waals surface area contributed by atoms with Crippen molar-refractivity contribution in [3.05, 3.63) is 62.4 Å². The fourth-order valence-electron chi connectivity index (χ4n) is 3.59. The SMILES string of the molecule is Cc1cnc2c(c1SCC(=O)N1CCc3ccccc31)c(=O)n(C)c(=O)n2C. The van der Waals surface area contributed by atoms with E-state index in [2.05, 4.69) is 4.98 Å². The second kappa shape index (κ2) is 6.94. The molecule has 144 valence electrons. The van der Waals surface area contributed by atoms with Crippen molar-refractivity contribution in [2.75, 3.05) is 17.2 Å². The van der Waals surface area contributed by atoms with Crippen LogP contribution in [-0.2, 0) is 25.3 Å². The maximum Gasteiger partial charge on any atom is 0.332 e. The summed E-state index contributed by atoms with van der Waals surface area (Å²) in [7, 11) is 3.04. The fourth-order valence-corrected chi connectivity index (χ4v) is 4.62. The van der Waals surface area contributed by atoms with Crippen molar-refractivity contribution in [1.29, 1.82) is 0 Å². The number of hydrogen-bond donors (Lipinski definition) is 0. The first-order valence-electron chi connectivity index (χ1n) is 8.96. The number of anilines is 1. The Hall–Kier alpha value is -2.87. The molecule has 3 heterocycles. The fraction of sp³-hybridized carbons (Fsp3) is 0.300. The normalized spacial score (nSPS) is 13.2. The van der Waals surface area contributed by atoms with Crippen LogP contribution in [0.4, 0.5) is 5.69 Å². The summed E-state index contributed by atoms with van der Waals surface area (Å²) in [6.45, 7) is 2.53. The Morgan fingerprint density at radius 3 is 2.71 bits per heavy atom. The Labute approximate surface area is 165 Å². The molecule has 0 atom stereocenters. The van der Waals surface area contributed by atoms with Crippen molar-refractivity contribution in [1.82, 2.24) is 14.1 Å². The molecule has 1 aliphatic heterocycles. The quantitative estimate of drug-likeness (QED) is 0.629. The molecule has 28 heavy (non-hydrogen) atoms. The van der Waals surface area contributed by atoms with Gasteiger partial charge in [0.25, 0.3) is 5.56 Å². The lowest BCUT2D eigenvalue weighted by Crippen LogP contribution is -2.37. The highest BCUT2D eigenvalue weighted by molar-refractivity contribution is 8.00. The summed E-state index contributed by atoms with van der Waals surface area (Å²) in [6, 6.07) is 7.92. The molecule has 0 spiro atoms. The van der Waals surface area contributed by atoms with Gasteiger partial charge in [0, 0.05) is 37.4 Å². The molecule has 0 unspecified atom stereocenters. The predicted molar refractivity (Wildman–Crippen MR) is 110 cm³/mol. The van der Waals surface area contributed by atoms with E-state index in [0.29, 0.717) is 22.5 Å². The van der Waals surface area contributed by atoms with E-state index in [1.807, 2.05) is 31.2 Å². The highest BCUT2D eigenvalue weighted by Crippen LogP contribution is 2.31. The molecule has 0 bridgehead atoms. The van der Waals surface area contributed by atoms with Crippen LogP contribution in [0.2, 0.25) is 0 Å². The van der Waals surface area contributed by atoms with Gasteiger partial charge in [-0.3, -0.25) is 18.7 Å². The second-order valence-electron chi connectivity index (χ2n) is 6.89. The number of nitrogens with zero attached hydrogens (tertiary/aromatic N) is 4. The Bertz CT molecular complexity index is 1230. The van der Waals surface area contributed by atoms with Crippen LogP contribution in [0.15, 0.2) is 44.9 Å². The Morgan fingerprint density at radius 1 is 1.18 bits per heavy atom. The van der Waals surface area contributed by atoms with Gasteiger partial charge in [0.1, 0.15) is 5.65 Å². The molecule has 1 aromatic carbocycles. The number of aryl methyl sites for hydroxylation is 2. The summed E-state index contributed by atoms with van der Waals surface area (Å²) >= 11 is 1.32. The first kappa shape index (κ1) is 18.5. The molecule has 8 heteroatoms. The van der Waals surface area contributed by atoms with E-state index < -0.39 is 11.2 Å². The zero-order valence-corrected chi connectivity index (χ0v) is 16.7. The average molecular weight is 396 g/mol. The van der Waals surface area contributed by atoms with Crippen molar-refractivity contribution < 1.29 is 4.79 Å². The van der Waals surface area contributed by atoms with E-state index in [-0.39, 0.29) is 11.7 Å². The van der Waals surface area contributed by atoms with Crippen LogP contribution in [0.5, 0.6) is 0 Å². The molecule has 1 amide bonds. The molecule has 0 saturated carbocycles. The lowest BCUT2D eigenvalue weighted by Gasteiger charge is -2.18. The summed E-state index contributed by atoms with van der Waals surface area (Å²) in [5.41, 5.74) is 2.46. The topological polar surface area (TPSA) is 77.2 Å². The Kier molecular flexibility index (Phi) is 4.58. The minimum Gasteiger partial charge on any atom is -0.311 e. The molecule has 0 aliphatic carbocycles. The third kappa shape index (κ3) is 2.84.